The number of hydrogen-bond acceptors (Lipinski definition) is 3. The van der Waals surface area contributed by atoms with Crippen molar-refractivity contribution >= 4 is 11.8 Å². The van der Waals surface area contributed by atoms with E-state index in [1.807, 2.05) is 6.07 Å². The summed E-state index contributed by atoms with van der Waals surface area (Å²) < 4.78 is 0. The second-order valence-electron chi connectivity index (χ2n) is 3.33. The standard InChI is InChI=1S/C7H7NO.C6H6N2O/c8-7(9)6-4-2-1-3-5-6;7-6(9)5-1-3-8-4-2-5/h1-5H,(H2,8,9);1-4H,(H2,7,9). The van der Waals surface area contributed by atoms with Gasteiger partial charge in [0.05, 0.1) is 0 Å². The summed E-state index contributed by atoms with van der Waals surface area (Å²) >= 11 is 0. The van der Waals surface area contributed by atoms with E-state index in [9.17, 15) is 9.59 Å². The van der Waals surface area contributed by atoms with Crippen LogP contribution in [0.3, 0.4) is 0 Å². The van der Waals surface area contributed by atoms with Gasteiger partial charge in [0.25, 0.3) is 0 Å². The molecule has 4 N–H and O–H groups in total. The smallest absolute Gasteiger partial charge is 0.248 e. The average molecular weight is 243 g/mol. The van der Waals surface area contributed by atoms with Gasteiger partial charge in [-0.15, -0.1) is 0 Å². The topological polar surface area (TPSA) is 99.1 Å². The molecule has 1 aromatic heterocycles. The van der Waals surface area contributed by atoms with Gasteiger partial charge in [-0.3, -0.25) is 14.6 Å². The van der Waals surface area contributed by atoms with E-state index in [0.717, 1.165) is 0 Å². The van der Waals surface area contributed by atoms with Crippen LogP contribution in [0.5, 0.6) is 0 Å². The van der Waals surface area contributed by atoms with Gasteiger partial charge in [-0.2, -0.15) is 0 Å². The van der Waals surface area contributed by atoms with E-state index in [1.165, 1.54) is 12.4 Å². The van der Waals surface area contributed by atoms with Gasteiger partial charge in [0.15, 0.2) is 0 Å². The maximum absolute atomic E-state index is 10.4. The fourth-order valence-corrected chi connectivity index (χ4v) is 1.12. The van der Waals surface area contributed by atoms with Crippen LogP contribution < -0.4 is 11.5 Å². The molecule has 0 aliphatic rings. The van der Waals surface area contributed by atoms with Crippen molar-refractivity contribution in [3.63, 3.8) is 0 Å². The summed E-state index contributed by atoms with van der Waals surface area (Å²) in [5, 5.41) is 0. The molecule has 92 valence electrons. The molecular weight excluding hydrogens is 230 g/mol. The molecule has 5 heteroatoms. The van der Waals surface area contributed by atoms with Crippen molar-refractivity contribution in [1.82, 2.24) is 4.98 Å². The Bertz CT molecular complexity index is 463. The zero-order valence-electron chi connectivity index (χ0n) is 9.61. The molecule has 0 saturated heterocycles. The van der Waals surface area contributed by atoms with Crippen molar-refractivity contribution in [3.8, 4) is 0 Å². The minimum absolute atomic E-state index is 0.379. The Morgan fingerprint density at radius 1 is 0.778 bits per heavy atom. The van der Waals surface area contributed by atoms with Crippen LogP contribution in [0, 0.1) is 0 Å². The molecule has 0 spiro atoms. The zero-order chi connectivity index (χ0) is 13.4. The summed E-state index contributed by atoms with van der Waals surface area (Å²) in [4.78, 5) is 24.5. The number of benzene rings is 1. The number of rotatable bonds is 2. The van der Waals surface area contributed by atoms with E-state index in [1.54, 1.807) is 36.4 Å². The average Bonchev–Trinajstić information content (AvgIpc) is 2.41. The molecule has 0 fully saturated rings. The normalized spacial score (nSPS) is 8.89. The van der Waals surface area contributed by atoms with Crippen molar-refractivity contribution < 1.29 is 9.59 Å². The van der Waals surface area contributed by atoms with Gasteiger partial charge in [-0.25, -0.2) is 0 Å². The minimum Gasteiger partial charge on any atom is -0.366 e. The maximum Gasteiger partial charge on any atom is 0.248 e. The third kappa shape index (κ3) is 4.44. The highest BCUT2D eigenvalue weighted by atomic mass is 16.1. The Morgan fingerprint density at radius 2 is 1.22 bits per heavy atom. The lowest BCUT2D eigenvalue weighted by molar-refractivity contribution is 0.0992. The molecule has 0 radical (unpaired) electrons. The van der Waals surface area contributed by atoms with Crippen molar-refractivity contribution in [2.45, 2.75) is 0 Å². The second-order valence-corrected chi connectivity index (χ2v) is 3.33. The Kier molecular flexibility index (Phi) is 5.05. The Morgan fingerprint density at radius 3 is 1.56 bits per heavy atom. The number of aromatic nitrogens is 1. The maximum atomic E-state index is 10.4. The number of nitrogens with two attached hydrogens (primary N) is 2. The SMILES string of the molecule is NC(=O)c1ccccc1.NC(=O)c1ccncc1. The molecule has 0 unspecified atom stereocenters. The molecule has 0 atom stereocenters. The van der Waals surface area contributed by atoms with E-state index in [2.05, 4.69) is 4.98 Å². The molecule has 18 heavy (non-hydrogen) atoms. The van der Waals surface area contributed by atoms with Crippen LogP contribution >= 0.6 is 0 Å². The summed E-state index contributed by atoms with van der Waals surface area (Å²) in [6.07, 6.45) is 3.06. The van der Waals surface area contributed by atoms with Gasteiger partial charge in [0.2, 0.25) is 11.8 Å². The molecule has 2 rings (SSSR count). The fraction of sp³-hybridized carbons (Fsp3) is 0. The number of carbonyl (C=O) groups excluding carboxylic acids is 2. The number of nitrogens with zero attached hydrogens (tertiary/aromatic N) is 1. The van der Waals surface area contributed by atoms with Crippen LogP contribution in [0.25, 0.3) is 0 Å². The first-order valence-electron chi connectivity index (χ1n) is 5.16. The summed E-state index contributed by atoms with van der Waals surface area (Å²) in [5.74, 6) is -0.798. The molecule has 0 saturated carbocycles. The molecular formula is C13H13N3O2. The number of hydrogen-bond donors (Lipinski definition) is 2. The fourth-order valence-electron chi connectivity index (χ4n) is 1.12. The molecule has 1 aromatic carbocycles. The lowest BCUT2D eigenvalue weighted by Gasteiger charge is -1.89. The van der Waals surface area contributed by atoms with Gasteiger partial charge in [-0.05, 0) is 24.3 Å². The highest BCUT2D eigenvalue weighted by Crippen LogP contribution is 1.94. The van der Waals surface area contributed by atoms with E-state index < -0.39 is 5.91 Å². The summed E-state index contributed by atoms with van der Waals surface area (Å²) in [6.45, 7) is 0. The molecule has 0 aliphatic carbocycles. The monoisotopic (exact) mass is 243 g/mol. The van der Waals surface area contributed by atoms with Crippen LogP contribution in [0.1, 0.15) is 20.7 Å². The van der Waals surface area contributed by atoms with Crippen molar-refractivity contribution in [3.05, 3.63) is 66.0 Å². The van der Waals surface area contributed by atoms with Crippen LogP contribution in [0.15, 0.2) is 54.9 Å². The van der Waals surface area contributed by atoms with Crippen LogP contribution in [0.4, 0.5) is 0 Å². The van der Waals surface area contributed by atoms with Gasteiger partial charge < -0.3 is 11.5 Å². The van der Waals surface area contributed by atoms with Gasteiger partial charge in [-0.1, -0.05) is 18.2 Å². The first-order valence-corrected chi connectivity index (χ1v) is 5.16. The Labute approximate surface area is 104 Å². The Hall–Kier alpha value is -2.69. The molecule has 0 bridgehead atoms. The number of carbonyl (C=O) groups is 2. The predicted molar refractivity (Wildman–Crippen MR) is 67.7 cm³/mol. The van der Waals surface area contributed by atoms with E-state index in [0.29, 0.717) is 11.1 Å². The lowest BCUT2D eigenvalue weighted by Crippen LogP contribution is -2.10. The second kappa shape index (κ2) is 6.80. The van der Waals surface area contributed by atoms with Crippen molar-refractivity contribution in [2.75, 3.05) is 0 Å². The first-order chi connectivity index (χ1) is 8.61. The molecule has 5 nitrogen and oxygen atoms in total. The third-order valence-corrected chi connectivity index (χ3v) is 2.02. The van der Waals surface area contributed by atoms with Crippen LogP contribution in [-0.2, 0) is 0 Å². The largest absolute Gasteiger partial charge is 0.366 e. The number of primary amides is 2. The van der Waals surface area contributed by atoms with Gasteiger partial charge in [0.1, 0.15) is 0 Å². The van der Waals surface area contributed by atoms with Crippen molar-refractivity contribution in [2.24, 2.45) is 11.5 Å². The quantitative estimate of drug-likeness (QED) is 0.821. The highest BCUT2D eigenvalue weighted by Gasteiger charge is 1.94. The third-order valence-electron chi connectivity index (χ3n) is 2.02. The summed E-state index contributed by atoms with van der Waals surface area (Å²) in [7, 11) is 0. The van der Waals surface area contributed by atoms with Crippen LogP contribution in [0.2, 0.25) is 0 Å². The van der Waals surface area contributed by atoms with Crippen molar-refractivity contribution in [1.29, 1.82) is 0 Å². The van der Waals surface area contributed by atoms with Crippen LogP contribution in [-0.4, -0.2) is 16.8 Å². The van der Waals surface area contributed by atoms with Gasteiger partial charge in [0, 0.05) is 23.5 Å². The summed E-state index contributed by atoms with van der Waals surface area (Å²) in [5.41, 5.74) is 11.0. The van der Waals surface area contributed by atoms with E-state index in [4.69, 9.17) is 11.5 Å². The molecule has 2 amide bonds. The highest BCUT2D eigenvalue weighted by molar-refractivity contribution is 5.92. The Balaban J connectivity index is 0.000000180. The zero-order valence-corrected chi connectivity index (χ0v) is 9.61. The predicted octanol–water partition coefficient (Wildman–Crippen LogP) is 0.966. The minimum atomic E-state index is -0.419. The molecule has 1 heterocycles. The number of amides is 2. The van der Waals surface area contributed by atoms with E-state index >= 15 is 0 Å². The molecule has 2 aromatic rings. The van der Waals surface area contributed by atoms with E-state index in [-0.39, 0.29) is 5.91 Å². The van der Waals surface area contributed by atoms with Gasteiger partial charge >= 0.3 is 0 Å². The number of pyridine rings is 1. The molecule has 0 aliphatic heterocycles. The first kappa shape index (κ1) is 13.4. The summed E-state index contributed by atoms with van der Waals surface area (Å²) in [6, 6.07) is 11.9. The lowest BCUT2D eigenvalue weighted by atomic mass is 10.2.